The van der Waals surface area contributed by atoms with E-state index in [1.54, 1.807) is 6.92 Å². The topological polar surface area (TPSA) is 29.1 Å². The zero-order valence-corrected chi connectivity index (χ0v) is 8.21. The van der Waals surface area contributed by atoms with Crippen molar-refractivity contribution in [3.05, 3.63) is 41.5 Å². The van der Waals surface area contributed by atoms with Crippen LogP contribution in [-0.4, -0.2) is 5.91 Å². The van der Waals surface area contributed by atoms with E-state index in [0.29, 0.717) is 0 Å². The number of carbonyl (C=O) groups excluding carboxylic acids is 1. The summed E-state index contributed by atoms with van der Waals surface area (Å²) in [5.41, 5.74) is 3.71. The minimum Gasteiger partial charge on any atom is -0.349 e. The molecule has 0 radical (unpaired) electrons. The lowest BCUT2D eigenvalue weighted by atomic mass is 9.82. The molecule has 1 atom stereocenters. The van der Waals surface area contributed by atoms with Gasteiger partial charge in [0.1, 0.15) is 0 Å². The molecule has 0 heterocycles. The third-order valence-corrected chi connectivity index (χ3v) is 2.58. The quantitative estimate of drug-likeness (QED) is 0.754. The first kappa shape index (κ1) is 9.00. The molecular weight excluding hydrogens is 174 g/mol. The summed E-state index contributed by atoms with van der Waals surface area (Å²) in [6.45, 7) is 5.28. The van der Waals surface area contributed by atoms with E-state index < -0.39 is 0 Å². The van der Waals surface area contributed by atoms with Crippen LogP contribution < -0.4 is 5.32 Å². The fourth-order valence-electron chi connectivity index (χ4n) is 1.84. The summed E-state index contributed by atoms with van der Waals surface area (Å²) < 4.78 is 0. The highest BCUT2D eigenvalue weighted by atomic mass is 16.1. The van der Waals surface area contributed by atoms with Crippen molar-refractivity contribution in [3.8, 4) is 0 Å². The standard InChI is InChI=1S/C12H13NO/c1-3-9-4-5-11-10(6-9)7-12(11)13-8(2)14/h3-6,12H,1,7H2,2H3,(H,13,14). The molecule has 0 bridgehead atoms. The minimum absolute atomic E-state index is 0.0356. The molecule has 14 heavy (non-hydrogen) atoms. The third-order valence-electron chi connectivity index (χ3n) is 2.58. The van der Waals surface area contributed by atoms with Crippen LogP contribution >= 0.6 is 0 Å². The first-order chi connectivity index (χ1) is 6.70. The van der Waals surface area contributed by atoms with Gasteiger partial charge in [-0.05, 0) is 23.1 Å². The van der Waals surface area contributed by atoms with E-state index in [0.717, 1.165) is 12.0 Å². The number of hydrogen-bond acceptors (Lipinski definition) is 1. The van der Waals surface area contributed by atoms with Gasteiger partial charge >= 0.3 is 0 Å². The normalized spacial score (nSPS) is 17.9. The molecule has 1 N–H and O–H groups in total. The Balaban J connectivity index is 2.19. The van der Waals surface area contributed by atoms with Gasteiger partial charge in [0.15, 0.2) is 0 Å². The van der Waals surface area contributed by atoms with E-state index in [9.17, 15) is 4.79 Å². The monoisotopic (exact) mass is 187 g/mol. The average molecular weight is 187 g/mol. The van der Waals surface area contributed by atoms with Crippen molar-refractivity contribution in [3.63, 3.8) is 0 Å². The van der Waals surface area contributed by atoms with Gasteiger partial charge in [0.25, 0.3) is 0 Å². The second-order valence-corrected chi connectivity index (χ2v) is 3.62. The first-order valence-corrected chi connectivity index (χ1v) is 4.73. The number of carbonyl (C=O) groups is 1. The summed E-state index contributed by atoms with van der Waals surface area (Å²) in [6.07, 6.45) is 2.78. The molecule has 2 heteroatoms. The van der Waals surface area contributed by atoms with Gasteiger partial charge in [0.2, 0.25) is 5.91 Å². The van der Waals surface area contributed by atoms with Crippen molar-refractivity contribution in [2.45, 2.75) is 19.4 Å². The number of hydrogen-bond donors (Lipinski definition) is 1. The number of rotatable bonds is 2. The molecule has 0 aliphatic heterocycles. The maximum absolute atomic E-state index is 10.9. The molecule has 1 aliphatic carbocycles. The number of amides is 1. The van der Waals surface area contributed by atoms with Crippen LogP contribution in [-0.2, 0) is 11.2 Å². The second kappa shape index (κ2) is 3.29. The van der Waals surface area contributed by atoms with E-state index >= 15 is 0 Å². The zero-order chi connectivity index (χ0) is 10.1. The predicted octanol–water partition coefficient (Wildman–Crippen LogP) is 2.06. The van der Waals surface area contributed by atoms with Gasteiger partial charge in [0.05, 0.1) is 6.04 Å². The van der Waals surface area contributed by atoms with Crippen LogP contribution in [0.1, 0.15) is 29.7 Å². The SMILES string of the molecule is C=Cc1ccc2c(c1)CC2NC(C)=O. The van der Waals surface area contributed by atoms with Gasteiger partial charge in [-0.3, -0.25) is 4.79 Å². The molecule has 0 saturated carbocycles. The fraction of sp³-hybridized carbons (Fsp3) is 0.250. The summed E-state index contributed by atoms with van der Waals surface area (Å²) >= 11 is 0. The summed E-state index contributed by atoms with van der Waals surface area (Å²) in [4.78, 5) is 10.9. The molecule has 1 amide bonds. The van der Waals surface area contributed by atoms with Crippen LogP contribution in [0.15, 0.2) is 24.8 Å². The van der Waals surface area contributed by atoms with Crippen molar-refractivity contribution in [1.82, 2.24) is 5.32 Å². The Morgan fingerprint density at radius 2 is 2.43 bits per heavy atom. The highest BCUT2D eigenvalue weighted by Crippen LogP contribution is 2.33. The molecule has 72 valence electrons. The summed E-state index contributed by atoms with van der Waals surface area (Å²) in [7, 11) is 0. The lowest BCUT2D eigenvalue weighted by Gasteiger charge is -2.30. The summed E-state index contributed by atoms with van der Waals surface area (Å²) in [5, 5.41) is 2.91. The third kappa shape index (κ3) is 1.43. The van der Waals surface area contributed by atoms with E-state index in [1.165, 1.54) is 11.1 Å². The lowest BCUT2D eigenvalue weighted by Crippen LogP contribution is -2.34. The van der Waals surface area contributed by atoms with Crippen molar-refractivity contribution in [2.75, 3.05) is 0 Å². The molecular formula is C12H13NO. The molecule has 0 fully saturated rings. The minimum atomic E-state index is 0.0356. The van der Waals surface area contributed by atoms with Crippen molar-refractivity contribution in [2.24, 2.45) is 0 Å². The van der Waals surface area contributed by atoms with Crippen molar-refractivity contribution in [1.29, 1.82) is 0 Å². The smallest absolute Gasteiger partial charge is 0.217 e. The molecule has 0 saturated heterocycles. The predicted molar refractivity (Wildman–Crippen MR) is 56.8 cm³/mol. The summed E-state index contributed by atoms with van der Waals surface area (Å²) in [5.74, 6) is 0.0356. The van der Waals surface area contributed by atoms with Crippen LogP contribution in [0.2, 0.25) is 0 Å². The molecule has 2 nitrogen and oxygen atoms in total. The Morgan fingerprint density at radius 3 is 3.00 bits per heavy atom. The van der Waals surface area contributed by atoms with Gasteiger partial charge in [0, 0.05) is 6.92 Å². The van der Waals surface area contributed by atoms with Gasteiger partial charge in [-0.2, -0.15) is 0 Å². The van der Waals surface area contributed by atoms with Crippen LogP contribution in [0, 0.1) is 0 Å². The van der Waals surface area contributed by atoms with Gasteiger partial charge in [-0.25, -0.2) is 0 Å². The molecule has 1 aromatic rings. The van der Waals surface area contributed by atoms with E-state index in [2.05, 4.69) is 24.0 Å². The highest BCUT2D eigenvalue weighted by molar-refractivity contribution is 5.74. The number of fused-ring (bicyclic) bond motifs is 1. The molecule has 1 unspecified atom stereocenters. The van der Waals surface area contributed by atoms with Crippen molar-refractivity contribution < 1.29 is 4.79 Å². The zero-order valence-electron chi connectivity index (χ0n) is 8.21. The molecule has 2 rings (SSSR count). The van der Waals surface area contributed by atoms with Crippen LogP contribution in [0.3, 0.4) is 0 Å². The molecule has 1 aromatic carbocycles. The van der Waals surface area contributed by atoms with Crippen LogP contribution in [0.25, 0.3) is 6.08 Å². The van der Waals surface area contributed by atoms with Crippen LogP contribution in [0.5, 0.6) is 0 Å². The van der Waals surface area contributed by atoms with Gasteiger partial charge in [-0.1, -0.05) is 30.9 Å². The molecule has 0 aromatic heterocycles. The average Bonchev–Trinajstić information content (AvgIpc) is 2.13. The molecule has 0 spiro atoms. The Bertz CT molecular complexity index is 395. The van der Waals surface area contributed by atoms with E-state index in [-0.39, 0.29) is 11.9 Å². The summed E-state index contributed by atoms with van der Waals surface area (Å²) in [6, 6.07) is 6.44. The fourth-order valence-corrected chi connectivity index (χ4v) is 1.84. The van der Waals surface area contributed by atoms with Crippen LogP contribution in [0.4, 0.5) is 0 Å². The first-order valence-electron chi connectivity index (χ1n) is 4.73. The van der Waals surface area contributed by atoms with Gasteiger partial charge < -0.3 is 5.32 Å². The highest BCUT2D eigenvalue weighted by Gasteiger charge is 2.26. The number of benzene rings is 1. The van der Waals surface area contributed by atoms with Gasteiger partial charge in [-0.15, -0.1) is 0 Å². The Morgan fingerprint density at radius 1 is 1.64 bits per heavy atom. The molecule has 1 aliphatic rings. The van der Waals surface area contributed by atoms with E-state index in [1.807, 2.05) is 12.1 Å². The lowest BCUT2D eigenvalue weighted by molar-refractivity contribution is -0.119. The Hall–Kier alpha value is -1.57. The maximum Gasteiger partial charge on any atom is 0.217 e. The Labute approximate surface area is 83.6 Å². The van der Waals surface area contributed by atoms with E-state index in [4.69, 9.17) is 0 Å². The number of nitrogens with one attached hydrogen (secondary N) is 1. The Kier molecular flexibility index (Phi) is 2.12. The largest absolute Gasteiger partial charge is 0.349 e. The maximum atomic E-state index is 10.9. The van der Waals surface area contributed by atoms with Crippen molar-refractivity contribution >= 4 is 12.0 Å². The second-order valence-electron chi connectivity index (χ2n) is 3.62.